The summed E-state index contributed by atoms with van der Waals surface area (Å²) in [6.45, 7) is 0. The van der Waals surface area contributed by atoms with E-state index in [1.165, 1.54) is 19.3 Å². The Balaban J connectivity index is 2.82. The highest BCUT2D eigenvalue weighted by Crippen LogP contribution is 2.12. The van der Waals surface area contributed by atoms with Crippen LogP contribution in [0.15, 0.2) is 23.7 Å². The number of allylic oxidation sites excluding steroid dienone is 4. The number of carbonyl (C=O) groups excluding carboxylic acids is 1. The number of aliphatic hydroxyl groups excluding tert-OH is 1. The smallest absolute Gasteiger partial charge is 0.204 e. The third-order valence-electron chi connectivity index (χ3n) is 1.26. The lowest BCUT2D eigenvalue weighted by molar-refractivity contribution is -0.118. The predicted octanol–water partition coefficient (Wildman–Crippen LogP) is 0.931. The van der Waals surface area contributed by atoms with Gasteiger partial charge in [0.15, 0.2) is 5.76 Å². The fraction of sp³-hybridized carbons (Fsp3) is 0.286. The fourth-order valence-corrected chi connectivity index (χ4v) is 0.757. The third-order valence-corrected chi connectivity index (χ3v) is 1.26. The number of Topliss-reactive ketones (excluding diaryl/α,β-unsaturated/α-hetero) is 1. The van der Waals surface area contributed by atoms with Gasteiger partial charge in [0.2, 0.25) is 5.78 Å². The zero-order chi connectivity index (χ0) is 7.56. The van der Waals surface area contributed by atoms with Gasteiger partial charge in [0, 0.05) is 0 Å². The average Bonchev–Trinajstić information content (AvgIpc) is 1.88. The van der Waals surface area contributed by atoms with Gasteiger partial charge >= 0.3 is 0 Å². The van der Waals surface area contributed by atoms with E-state index in [0.29, 0.717) is 5.76 Å². The first-order valence-corrected chi connectivity index (χ1v) is 2.91. The van der Waals surface area contributed by atoms with Crippen molar-refractivity contribution in [1.29, 1.82) is 0 Å². The Morgan fingerprint density at radius 3 is 2.80 bits per heavy atom. The van der Waals surface area contributed by atoms with E-state index in [-0.39, 0.29) is 18.0 Å². The zero-order valence-electron chi connectivity index (χ0n) is 5.63. The van der Waals surface area contributed by atoms with Crippen LogP contribution in [0.1, 0.15) is 6.42 Å². The number of ketones is 1. The minimum Gasteiger partial charge on any atom is -0.512 e. The third kappa shape index (κ3) is 1.18. The van der Waals surface area contributed by atoms with Crippen LogP contribution in [0.25, 0.3) is 0 Å². The molecule has 1 aliphatic carbocycles. The van der Waals surface area contributed by atoms with Crippen molar-refractivity contribution in [3.63, 3.8) is 0 Å². The van der Waals surface area contributed by atoms with E-state index in [1.54, 1.807) is 0 Å². The summed E-state index contributed by atoms with van der Waals surface area (Å²) in [6, 6.07) is 0. The molecule has 0 atom stereocenters. The summed E-state index contributed by atoms with van der Waals surface area (Å²) in [5, 5.41) is 8.83. The van der Waals surface area contributed by atoms with Gasteiger partial charge in [-0.3, -0.25) is 4.79 Å². The molecule has 0 saturated heterocycles. The second-order valence-corrected chi connectivity index (χ2v) is 1.99. The predicted molar refractivity (Wildman–Crippen MR) is 35.4 cm³/mol. The van der Waals surface area contributed by atoms with E-state index in [4.69, 9.17) is 9.84 Å². The molecule has 54 valence electrons. The maximum atomic E-state index is 10.8. The summed E-state index contributed by atoms with van der Waals surface area (Å²) in [4.78, 5) is 10.8. The molecule has 0 unspecified atom stereocenters. The van der Waals surface area contributed by atoms with Gasteiger partial charge in [0.1, 0.15) is 5.76 Å². The lowest BCUT2D eigenvalue weighted by Crippen LogP contribution is -2.08. The van der Waals surface area contributed by atoms with Crippen molar-refractivity contribution in [3.8, 4) is 0 Å². The summed E-state index contributed by atoms with van der Waals surface area (Å²) >= 11 is 0. The lowest BCUT2D eigenvalue weighted by Gasteiger charge is -2.07. The second kappa shape index (κ2) is 2.56. The molecule has 1 rings (SSSR count). The Hall–Kier alpha value is -1.25. The Kier molecular flexibility index (Phi) is 1.76. The minimum absolute atomic E-state index is 0.0552. The van der Waals surface area contributed by atoms with E-state index >= 15 is 0 Å². The number of aliphatic hydroxyl groups is 1. The van der Waals surface area contributed by atoms with E-state index in [0.717, 1.165) is 0 Å². The van der Waals surface area contributed by atoms with Gasteiger partial charge in [-0.05, 0) is 12.2 Å². The van der Waals surface area contributed by atoms with Gasteiger partial charge < -0.3 is 9.84 Å². The van der Waals surface area contributed by atoms with Crippen LogP contribution < -0.4 is 0 Å². The highest BCUT2D eigenvalue weighted by molar-refractivity contribution is 5.96. The SMILES string of the molecule is COC1=CC=C(O)CC1=O. The summed E-state index contributed by atoms with van der Waals surface area (Å²) in [6.07, 6.45) is 2.97. The molecule has 0 heterocycles. The number of rotatable bonds is 1. The van der Waals surface area contributed by atoms with Crippen LogP contribution in [0.4, 0.5) is 0 Å². The van der Waals surface area contributed by atoms with Gasteiger partial charge in [-0.2, -0.15) is 0 Å². The molecule has 1 N–H and O–H groups in total. The first-order valence-electron chi connectivity index (χ1n) is 2.91. The van der Waals surface area contributed by atoms with Gasteiger partial charge in [-0.15, -0.1) is 0 Å². The molecule has 0 saturated carbocycles. The zero-order valence-corrected chi connectivity index (χ0v) is 5.63. The highest BCUT2D eigenvalue weighted by Gasteiger charge is 2.14. The summed E-state index contributed by atoms with van der Waals surface area (Å²) in [7, 11) is 1.43. The molecule has 0 bridgehead atoms. The van der Waals surface area contributed by atoms with Crippen LogP contribution >= 0.6 is 0 Å². The summed E-state index contributed by atoms with van der Waals surface area (Å²) in [5.41, 5.74) is 0. The number of ether oxygens (including phenoxy) is 1. The molecule has 0 aromatic rings. The molecule has 1 aliphatic rings. The Morgan fingerprint density at radius 2 is 2.30 bits per heavy atom. The van der Waals surface area contributed by atoms with Crippen molar-refractivity contribution in [2.24, 2.45) is 0 Å². The van der Waals surface area contributed by atoms with E-state index in [9.17, 15) is 4.79 Å². The number of hydrogen-bond acceptors (Lipinski definition) is 3. The van der Waals surface area contributed by atoms with E-state index in [1.807, 2.05) is 0 Å². The van der Waals surface area contributed by atoms with Crippen LogP contribution in [-0.4, -0.2) is 18.0 Å². The van der Waals surface area contributed by atoms with Gasteiger partial charge in [-0.1, -0.05) is 0 Å². The van der Waals surface area contributed by atoms with Crippen molar-refractivity contribution in [2.45, 2.75) is 6.42 Å². The van der Waals surface area contributed by atoms with Gasteiger partial charge in [0.25, 0.3) is 0 Å². The van der Waals surface area contributed by atoms with Crippen molar-refractivity contribution in [1.82, 2.24) is 0 Å². The molecular weight excluding hydrogens is 132 g/mol. The maximum absolute atomic E-state index is 10.8. The lowest BCUT2D eigenvalue weighted by atomic mass is 10.1. The minimum atomic E-state index is -0.178. The monoisotopic (exact) mass is 140 g/mol. The fourth-order valence-electron chi connectivity index (χ4n) is 0.757. The molecule has 0 fully saturated rings. The molecule has 0 aromatic heterocycles. The van der Waals surface area contributed by atoms with Crippen molar-refractivity contribution >= 4 is 5.78 Å². The molecule has 3 nitrogen and oxygen atoms in total. The summed E-state index contributed by atoms with van der Waals surface area (Å²) in [5.74, 6) is 0.214. The van der Waals surface area contributed by atoms with Crippen molar-refractivity contribution in [2.75, 3.05) is 7.11 Å². The second-order valence-electron chi connectivity index (χ2n) is 1.99. The number of hydrogen-bond donors (Lipinski definition) is 1. The molecule has 0 amide bonds. The normalized spacial score (nSPS) is 17.9. The Morgan fingerprint density at radius 1 is 1.60 bits per heavy atom. The van der Waals surface area contributed by atoms with E-state index < -0.39 is 0 Å². The Bertz CT molecular complexity index is 213. The van der Waals surface area contributed by atoms with Crippen LogP contribution in [-0.2, 0) is 9.53 Å². The van der Waals surface area contributed by atoms with Crippen LogP contribution in [0.3, 0.4) is 0 Å². The number of methoxy groups -OCH3 is 1. The topological polar surface area (TPSA) is 46.5 Å². The molecule has 0 aliphatic heterocycles. The maximum Gasteiger partial charge on any atom is 0.204 e. The molecule has 3 heteroatoms. The molecule has 0 spiro atoms. The summed E-state index contributed by atoms with van der Waals surface area (Å²) < 4.78 is 4.71. The molecule has 0 radical (unpaired) electrons. The number of carbonyl (C=O) groups is 1. The van der Waals surface area contributed by atoms with E-state index in [2.05, 4.69) is 0 Å². The van der Waals surface area contributed by atoms with Crippen molar-refractivity contribution < 1.29 is 14.6 Å². The first kappa shape index (κ1) is 6.86. The largest absolute Gasteiger partial charge is 0.512 e. The molecule has 0 aromatic carbocycles. The average molecular weight is 140 g/mol. The van der Waals surface area contributed by atoms with Crippen LogP contribution in [0.5, 0.6) is 0 Å². The quantitative estimate of drug-likeness (QED) is 0.589. The van der Waals surface area contributed by atoms with Crippen LogP contribution in [0, 0.1) is 0 Å². The highest BCUT2D eigenvalue weighted by atomic mass is 16.5. The Labute approximate surface area is 58.6 Å². The first-order chi connectivity index (χ1) is 4.74. The van der Waals surface area contributed by atoms with Gasteiger partial charge in [-0.25, -0.2) is 0 Å². The molecule has 10 heavy (non-hydrogen) atoms. The van der Waals surface area contributed by atoms with Crippen molar-refractivity contribution in [3.05, 3.63) is 23.7 Å². The van der Waals surface area contributed by atoms with Gasteiger partial charge in [0.05, 0.1) is 13.5 Å². The standard InChI is InChI=1S/C7H8O3/c1-10-7-3-2-5(8)4-6(7)9/h2-3,8H,4H2,1H3. The molecular formula is C7H8O3. The van der Waals surface area contributed by atoms with Crippen LogP contribution in [0.2, 0.25) is 0 Å².